The average molecular weight is 749 g/mol. The van der Waals surface area contributed by atoms with Crippen molar-refractivity contribution in [3.63, 3.8) is 0 Å². The molecule has 11 rings (SSSR count). The number of amidine groups is 2. The summed E-state index contributed by atoms with van der Waals surface area (Å²) in [6.45, 7) is 0. The number of para-hydroxylation sites is 3. The van der Waals surface area contributed by atoms with Gasteiger partial charge in [0.05, 0.1) is 16.6 Å². The predicted octanol–water partition coefficient (Wildman–Crippen LogP) is 13.6. The van der Waals surface area contributed by atoms with Gasteiger partial charge in [-0.2, -0.15) is 0 Å². The molecule has 57 heavy (non-hydrogen) atoms. The van der Waals surface area contributed by atoms with Crippen molar-refractivity contribution in [3.05, 3.63) is 199 Å². The van der Waals surface area contributed by atoms with Crippen LogP contribution in [0.15, 0.2) is 196 Å². The van der Waals surface area contributed by atoms with E-state index in [0.717, 1.165) is 38.7 Å². The van der Waals surface area contributed by atoms with E-state index in [1.54, 1.807) is 6.21 Å². The third kappa shape index (κ3) is 5.57. The molecule has 0 aliphatic carbocycles. The zero-order chi connectivity index (χ0) is 37.9. The molecule has 3 heterocycles. The number of nitrogens with one attached hydrogen (secondary N) is 1. The number of hydrogen-bond acceptors (Lipinski definition) is 3. The molecule has 0 bridgehead atoms. The first-order chi connectivity index (χ1) is 28.2. The fourth-order valence-corrected chi connectivity index (χ4v) is 9.31. The van der Waals surface area contributed by atoms with E-state index in [0.29, 0.717) is 17.0 Å². The lowest BCUT2D eigenvalue weighted by atomic mass is 10.00. The van der Waals surface area contributed by atoms with Crippen molar-refractivity contribution >= 4 is 93.1 Å². The van der Waals surface area contributed by atoms with Gasteiger partial charge >= 0.3 is 0 Å². The Hall–Kier alpha value is -7.41. The molecule has 8 aromatic carbocycles. The molecule has 0 saturated heterocycles. The van der Waals surface area contributed by atoms with Gasteiger partial charge in [0.2, 0.25) is 0 Å². The van der Waals surface area contributed by atoms with Crippen LogP contribution in [0, 0.1) is 5.41 Å². The van der Waals surface area contributed by atoms with Gasteiger partial charge in [-0.15, -0.1) is 11.3 Å². The summed E-state index contributed by atoms with van der Waals surface area (Å²) in [5, 5.41) is 15.9. The van der Waals surface area contributed by atoms with Crippen LogP contribution in [-0.4, -0.2) is 22.5 Å². The number of benzene rings is 8. The highest BCUT2D eigenvalue weighted by Crippen LogP contribution is 2.43. The second-order valence-corrected chi connectivity index (χ2v) is 15.2. The van der Waals surface area contributed by atoms with E-state index in [1.807, 2.05) is 84.1 Å². The van der Waals surface area contributed by atoms with E-state index < -0.39 is 0 Å². The fraction of sp³-hybridized carbons (Fsp3) is 0. The van der Waals surface area contributed by atoms with Crippen LogP contribution in [0.2, 0.25) is 0 Å². The smallest absolute Gasteiger partial charge is 0.165 e. The maximum atomic E-state index is 8.86. The predicted molar refractivity (Wildman–Crippen MR) is 240 cm³/mol. The Morgan fingerprint density at radius 1 is 0.579 bits per heavy atom. The van der Waals surface area contributed by atoms with Crippen molar-refractivity contribution in [1.29, 1.82) is 5.41 Å². The molecule has 0 fully saturated rings. The van der Waals surface area contributed by atoms with Crippen LogP contribution in [0.1, 0.15) is 16.7 Å². The number of hydrogen-bond donors (Lipinski definition) is 1. The van der Waals surface area contributed by atoms with Crippen molar-refractivity contribution < 1.29 is 4.42 Å². The lowest BCUT2D eigenvalue weighted by Gasteiger charge is -2.08. The Morgan fingerprint density at radius 2 is 1.26 bits per heavy atom. The van der Waals surface area contributed by atoms with Crippen LogP contribution >= 0.6 is 11.3 Å². The summed E-state index contributed by atoms with van der Waals surface area (Å²) in [6, 6.07) is 62.8. The average Bonchev–Trinajstić information content (AvgIpc) is 3.95. The maximum absolute atomic E-state index is 8.86. The Balaban J connectivity index is 1.03. The first kappa shape index (κ1) is 33.0. The van der Waals surface area contributed by atoms with Crippen molar-refractivity contribution in [1.82, 2.24) is 4.57 Å². The quantitative estimate of drug-likeness (QED) is 0.138. The van der Waals surface area contributed by atoms with Crippen LogP contribution in [0.3, 0.4) is 0 Å². The number of thiophene rings is 1. The molecule has 0 saturated carbocycles. The van der Waals surface area contributed by atoms with Crippen molar-refractivity contribution in [2.24, 2.45) is 9.98 Å². The van der Waals surface area contributed by atoms with Gasteiger partial charge in [0, 0.05) is 59.2 Å². The summed E-state index contributed by atoms with van der Waals surface area (Å²) in [4.78, 5) is 9.61. The second-order valence-electron chi connectivity index (χ2n) is 14.1. The molecule has 0 atom stereocenters. The van der Waals surface area contributed by atoms with Gasteiger partial charge in [-0.3, -0.25) is 5.41 Å². The van der Waals surface area contributed by atoms with E-state index in [-0.39, 0.29) is 5.84 Å². The van der Waals surface area contributed by atoms with Gasteiger partial charge in [-0.1, -0.05) is 133 Å². The highest BCUT2D eigenvalue weighted by molar-refractivity contribution is 7.26. The molecule has 0 radical (unpaired) electrons. The third-order valence-electron chi connectivity index (χ3n) is 10.8. The number of aliphatic imine (C=N–C) groups is 2. The lowest BCUT2D eigenvalue weighted by Crippen LogP contribution is -2.05. The largest absolute Gasteiger partial charge is 0.455 e. The molecule has 0 spiro atoms. The number of fused-ring (bicyclic) bond motifs is 9. The highest BCUT2D eigenvalue weighted by atomic mass is 32.1. The summed E-state index contributed by atoms with van der Waals surface area (Å²) in [6.07, 6.45) is 1.79. The molecule has 0 aliphatic heterocycles. The van der Waals surface area contributed by atoms with E-state index in [9.17, 15) is 0 Å². The van der Waals surface area contributed by atoms with Crippen molar-refractivity contribution in [2.75, 3.05) is 0 Å². The summed E-state index contributed by atoms with van der Waals surface area (Å²) in [5.74, 6) is 0.540. The van der Waals surface area contributed by atoms with Gasteiger partial charge < -0.3 is 8.98 Å². The normalized spacial score (nSPS) is 12.3. The van der Waals surface area contributed by atoms with E-state index in [2.05, 4.69) is 114 Å². The topological polar surface area (TPSA) is 66.6 Å². The molecule has 11 aromatic rings. The second kappa shape index (κ2) is 13.4. The minimum Gasteiger partial charge on any atom is -0.455 e. The van der Waals surface area contributed by atoms with Gasteiger partial charge in [0.25, 0.3) is 0 Å². The zero-order valence-corrected chi connectivity index (χ0v) is 31.4. The lowest BCUT2D eigenvalue weighted by molar-refractivity contribution is 0.668. The Kier molecular flexibility index (Phi) is 7.76. The molecule has 3 aromatic heterocycles. The first-order valence-electron chi connectivity index (χ1n) is 18.9. The fourth-order valence-electron chi connectivity index (χ4n) is 8.10. The SMILES string of the molecule is N=C(N=C(N=Cc1ccccc1)c1cccc2c1oc1ccc(-c3cccc4c3sc3ccc(-n5c6ccccc6c6ccccc65)cc34)cc12)c1ccccc1. The van der Waals surface area contributed by atoms with Crippen molar-refractivity contribution in [3.8, 4) is 16.8 Å². The minimum atomic E-state index is 0.129. The summed E-state index contributed by atoms with van der Waals surface area (Å²) in [5.41, 5.74) is 9.72. The molecule has 0 unspecified atom stereocenters. The Morgan fingerprint density at radius 3 is 2.05 bits per heavy atom. The number of nitrogens with zero attached hydrogens (tertiary/aromatic N) is 3. The van der Waals surface area contributed by atoms with Crippen LogP contribution in [0.5, 0.6) is 0 Å². The molecule has 268 valence electrons. The maximum Gasteiger partial charge on any atom is 0.165 e. The van der Waals surface area contributed by atoms with Crippen LogP contribution in [0.25, 0.3) is 80.7 Å². The van der Waals surface area contributed by atoms with E-state index in [1.165, 1.54) is 47.5 Å². The summed E-state index contributed by atoms with van der Waals surface area (Å²) in [7, 11) is 0. The molecule has 1 N–H and O–H groups in total. The summed E-state index contributed by atoms with van der Waals surface area (Å²) < 4.78 is 11.5. The highest BCUT2D eigenvalue weighted by Gasteiger charge is 2.19. The van der Waals surface area contributed by atoms with Crippen LogP contribution in [0.4, 0.5) is 0 Å². The number of rotatable bonds is 5. The van der Waals surface area contributed by atoms with Crippen LogP contribution in [-0.2, 0) is 0 Å². The summed E-state index contributed by atoms with van der Waals surface area (Å²) >= 11 is 1.84. The molecule has 6 heteroatoms. The van der Waals surface area contributed by atoms with Gasteiger partial charge in [0.1, 0.15) is 11.2 Å². The molecular formula is C51H32N4OS. The Labute approximate surface area is 331 Å². The van der Waals surface area contributed by atoms with Gasteiger partial charge in [0.15, 0.2) is 11.7 Å². The number of aromatic nitrogens is 1. The first-order valence-corrected chi connectivity index (χ1v) is 19.7. The Bertz CT molecular complexity index is 3370. The number of furan rings is 1. The minimum absolute atomic E-state index is 0.129. The standard InChI is InChI=1S/C51H32N4OS/c52-50(33-15-5-2-6-16-33)54-51(53-31-32-13-3-1-4-14-32)41-22-12-20-39-42-29-34(25-27-46(42)56-48(39)41)36-19-11-21-40-43-30-35(26-28-47(43)57-49(36)40)55-44-23-9-7-17-37(44)38-18-8-10-24-45(38)55/h1-31,52H. The van der Waals surface area contributed by atoms with Crippen molar-refractivity contribution in [2.45, 2.75) is 0 Å². The molecule has 5 nitrogen and oxygen atoms in total. The van der Waals surface area contributed by atoms with Gasteiger partial charge in [-0.25, -0.2) is 9.98 Å². The van der Waals surface area contributed by atoms with E-state index >= 15 is 0 Å². The zero-order valence-electron chi connectivity index (χ0n) is 30.6. The monoisotopic (exact) mass is 748 g/mol. The molecule has 0 amide bonds. The van der Waals surface area contributed by atoms with Gasteiger partial charge in [-0.05, 0) is 65.2 Å². The van der Waals surface area contributed by atoms with Crippen LogP contribution < -0.4 is 0 Å². The molecular weight excluding hydrogens is 717 g/mol. The third-order valence-corrected chi connectivity index (χ3v) is 12.0. The molecule has 0 aliphatic rings. The van der Waals surface area contributed by atoms with E-state index in [4.69, 9.17) is 19.8 Å².